The van der Waals surface area contributed by atoms with E-state index in [0.717, 1.165) is 0 Å². The van der Waals surface area contributed by atoms with Gasteiger partial charge in [-0.1, -0.05) is 0 Å². The number of nitriles is 1. The standard InChI is InChI=1S/C9H7NO3/c1-13-9(12)8-4-7(11)3-2-6(8)5-10/h2-4,11H,1H3. The average Bonchev–Trinajstić information content (AvgIpc) is 2.16. The predicted octanol–water partition coefficient (Wildman–Crippen LogP) is 1.05. The summed E-state index contributed by atoms with van der Waals surface area (Å²) < 4.78 is 4.43. The van der Waals surface area contributed by atoms with E-state index in [1.54, 1.807) is 0 Å². The van der Waals surface area contributed by atoms with Gasteiger partial charge < -0.3 is 9.84 Å². The lowest BCUT2D eigenvalue weighted by Crippen LogP contribution is -2.03. The number of rotatable bonds is 1. The minimum Gasteiger partial charge on any atom is -0.508 e. The fraction of sp³-hybridized carbons (Fsp3) is 0.111. The molecule has 0 atom stereocenters. The highest BCUT2D eigenvalue weighted by atomic mass is 16.5. The lowest BCUT2D eigenvalue weighted by atomic mass is 10.1. The zero-order valence-electron chi connectivity index (χ0n) is 6.94. The Morgan fingerprint density at radius 1 is 1.62 bits per heavy atom. The highest BCUT2D eigenvalue weighted by Crippen LogP contribution is 2.16. The summed E-state index contributed by atoms with van der Waals surface area (Å²) in [6, 6.07) is 5.73. The molecule has 0 aliphatic heterocycles. The van der Waals surface area contributed by atoms with Gasteiger partial charge in [0.15, 0.2) is 0 Å². The molecule has 0 aliphatic carbocycles. The highest BCUT2D eigenvalue weighted by molar-refractivity contribution is 5.92. The van der Waals surface area contributed by atoms with Crippen molar-refractivity contribution >= 4 is 5.97 Å². The molecule has 0 heterocycles. The molecule has 0 bridgehead atoms. The van der Waals surface area contributed by atoms with E-state index in [1.165, 1.54) is 25.3 Å². The average molecular weight is 177 g/mol. The van der Waals surface area contributed by atoms with Crippen LogP contribution in [0.4, 0.5) is 0 Å². The van der Waals surface area contributed by atoms with Crippen LogP contribution in [0.2, 0.25) is 0 Å². The van der Waals surface area contributed by atoms with Crippen molar-refractivity contribution in [3.63, 3.8) is 0 Å². The first-order valence-electron chi connectivity index (χ1n) is 3.50. The molecule has 0 saturated heterocycles. The molecule has 4 heteroatoms. The number of benzene rings is 1. The van der Waals surface area contributed by atoms with Crippen LogP contribution in [-0.4, -0.2) is 18.2 Å². The van der Waals surface area contributed by atoms with Crippen LogP contribution in [0.25, 0.3) is 0 Å². The first-order valence-corrected chi connectivity index (χ1v) is 3.50. The summed E-state index contributed by atoms with van der Waals surface area (Å²) in [6.45, 7) is 0. The molecule has 0 amide bonds. The van der Waals surface area contributed by atoms with Crippen molar-refractivity contribution in [2.24, 2.45) is 0 Å². The number of hydrogen-bond donors (Lipinski definition) is 1. The molecule has 0 aliphatic rings. The normalized spacial score (nSPS) is 8.92. The number of hydrogen-bond acceptors (Lipinski definition) is 4. The number of phenolic OH excluding ortho intramolecular Hbond substituents is 1. The molecule has 0 aromatic heterocycles. The van der Waals surface area contributed by atoms with E-state index in [1.807, 2.05) is 6.07 Å². The van der Waals surface area contributed by atoms with Gasteiger partial charge in [-0.3, -0.25) is 0 Å². The smallest absolute Gasteiger partial charge is 0.339 e. The second-order valence-electron chi connectivity index (χ2n) is 2.33. The quantitative estimate of drug-likeness (QED) is 0.651. The van der Waals surface area contributed by atoms with Crippen LogP contribution in [0, 0.1) is 11.3 Å². The molecular formula is C9H7NO3. The van der Waals surface area contributed by atoms with Crippen molar-refractivity contribution in [1.29, 1.82) is 5.26 Å². The molecule has 0 radical (unpaired) electrons. The van der Waals surface area contributed by atoms with Crippen molar-refractivity contribution in [3.8, 4) is 11.8 Å². The lowest BCUT2D eigenvalue weighted by Gasteiger charge is -2.01. The van der Waals surface area contributed by atoms with E-state index < -0.39 is 5.97 Å². The lowest BCUT2D eigenvalue weighted by molar-refractivity contribution is 0.0600. The maximum absolute atomic E-state index is 11.1. The van der Waals surface area contributed by atoms with Crippen molar-refractivity contribution in [2.75, 3.05) is 7.11 Å². The van der Waals surface area contributed by atoms with Crippen LogP contribution in [-0.2, 0) is 4.74 Å². The second kappa shape index (κ2) is 3.59. The zero-order valence-corrected chi connectivity index (χ0v) is 6.94. The molecule has 1 rings (SSSR count). The zero-order chi connectivity index (χ0) is 9.84. The van der Waals surface area contributed by atoms with Gasteiger partial charge in [0.2, 0.25) is 0 Å². The summed E-state index contributed by atoms with van der Waals surface area (Å²) in [7, 11) is 1.22. The fourth-order valence-corrected chi connectivity index (χ4v) is 0.909. The molecule has 0 saturated carbocycles. The monoisotopic (exact) mass is 177 g/mol. The molecule has 1 N–H and O–H groups in total. The minimum atomic E-state index is -0.632. The van der Waals surface area contributed by atoms with E-state index >= 15 is 0 Å². The number of methoxy groups -OCH3 is 1. The summed E-state index contributed by atoms with van der Waals surface area (Å²) in [5.41, 5.74) is 0.259. The Morgan fingerprint density at radius 3 is 2.85 bits per heavy atom. The molecule has 1 aromatic rings. The summed E-state index contributed by atoms with van der Waals surface area (Å²) in [4.78, 5) is 11.1. The second-order valence-corrected chi connectivity index (χ2v) is 2.33. The van der Waals surface area contributed by atoms with Gasteiger partial charge in [0.05, 0.1) is 18.2 Å². The summed E-state index contributed by atoms with van der Waals surface area (Å²) in [6.07, 6.45) is 0. The van der Waals surface area contributed by atoms with Crippen LogP contribution in [0.1, 0.15) is 15.9 Å². The number of esters is 1. The Morgan fingerprint density at radius 2 is 2.31 bits per heavy atom. The number of phenols is 1. The Hall–Kier alpha value is -2.02. The van der Waals surface area contributed by atoms with Gasteiger partial charge in [0.25, 0.3) is 0 Å². The third kappa shape index (κ3) is 1.76. The van der Waals surface area contributed by atoms with Gasteiger partial charge in [0, 0.05) is 0 Å². The maximum atomic E-state index is 11.1. The third-order valence-corrected chi connectivity index (χ3v) is 1.53. The van der Waals surface area contributed by atoms with Crippen LogP contribution >= 0.6 is 0 Å². The van der Waals surface area contributed by atoms with Crippen molar-refractivity contribution in [1.82, 2.24) is 0 Å². The Bertz CT molecular complexity index is 379. The fourth-order valence-electron chi connectivity index (χ4n) is 0.909. The van der Waals surface area contributed by atoms with Gasteiger partial charge in [-0.2, -0.15) is 5.26 Å². The van der Waals surface area contributed by atoms with Gasteiger partial charge >= 0.3 is 5.97 Å². The maximum Gasteiger partial charge on any atom is 0.339 e. The third-order valence-electron chi connectivity index (χ3n) is 1.53. The molecule has 1 aromatic carbocycles. The number of nitrogens with zero attached hydrogens (tertiary/aromatic N) is 1. The van der Waals surface area contributed by atoms with Gasteiger partial charge in [-0.25, -0.2) is 4.79 Å². The number of aromatic hydroxyl groups is 1. The van der Waals surface area contributed by atoms with Crippen molar-refractivity contribution in [3.05, 3.63) is 29.3 Å². The number of carbonyl (C=O) groups is 1. The topological polar surface area (TPSA) is 70.3 Å². The predicted molar refractivity (Wildman–Crippen MR) is 44.2 cm³/mol. The Labute approximate surface area is 75.0 Å². The van der Waals surface area contributed by atoms with Crippen LogP contribution in [0.3, 0.4) is 0 Å². The Kier molecular flexibility index (Phi) is 2.50. The van der Waals surface area contributed by atoms with Crippen molar-refractivity contribution in [2.45, 2.75) is 0 Å². The van der Waals surface area contributed by atoms with Crippen molar-refractivity contribution < 1.29 is 14.6 Å². The molecule has 4 nitrogen and oxygen atoms in total. The molecule has 0 unspecified atom stereocenters. The number of carbonyl (C=O) groups excluding carboxylic acids is 1. The first-order chi connectivity index (χ1) is 6.19. The molecular weight excluding hydrogens is 170 g/mol. The molecule has 0 fully saturated rings. The SMILES string of the molecule is COC(=O)c1cc(O)ccc1C#N. The van der Waals surface area contributed by atoms with Gasteiger partial charge in [-0.15, -0.1) is 0 Å². The van der Waals surface area contributed by atoms with Gasteiger partial charge in [0.1, 0.15) is 11.8 Å². The molecule has 0 spiro atoms. The summed E-state index contributed by atoms with van der Waals surface area (Å²) in [5.74, 6) is -0.702. The van der Waals surface area contributed by atoms with Gasteiger partial charge in [-0.05, 0) is 18.2 Å². The largest absolute Gasteiger partial charge is 0.508 e. The molecule has 13 heavy (non-hydrogen) atoms. The van der Waals surface area contributed by atoms with E-state index in [-0.39, 0.29) is 16.9 Å². The first kappa shape index (κ1) is 9.07. The molecule has 66 valence electrons. The van der Waals surface area contributed by atoms with Crippen LogP contribution < -0.4 is 0 Å². The van der Waals surface area contributed by atoms with E-state index in [0.29, 0.717) is 0 Å². The van der Waals surface area contributed by atoms with E-state index in [4.69, 9.17) is 10.4 Å². The summed E-state index contributed by atoms with van der Waals surface area (Å²) in [5, 5.41) is 17.7. The van der Waals surface area contributed by atoms with E-state index in [9.17, 15) is 4.79 Å². The highest BCUT2D eigenvalue weighted by Gasteiger charge is 2.11. The minimum absolute atomic E-state index is 0.0700. The van der Waals surface area contributed by atoms with E-state index in [2.05, 4.69) is 4.74 Å². The number of ether oxygens (including phenoxy) is 1. The van der Waals surface area contributed by atoms with Crippen LogP contribution in [0.15, 0.2) is 18.2 Å². The summed E-state index contributed by atoms with van der Waals surface area (Å²) >= 11 is 0. The van der Waals surface area contributed by atoms with Crippen LogP contribution in [0.5, 0.6) is 5.75 Å². The Balaban J connectivity index is 3.25.